The Kier molecular flexibility index (Phi) is 11.1. The Morgan fingerprint density at radius 2 is 0.500 bits per heavy atom. The van der Waals surface area contributed by atoms with E-state index >= 15 is 0 Å². The van der Waals surface area contributed by atoms with E-state index in [2.05, 4.69) is 0 Å². The molecule has 4 heterocycles. The molecule has 0 radical (unpaired) electrons. The van der Waals surface area contributed by atoms with Crippen molar-refractivity contribution in [2.24, 2.45) is 0 Å². The van der Waals surface area contributed by atoms with Crippen LogP contribution >= 0.6 is 0 Å². The van der Waals surface area contributed by atoms with E-state index < -0.39 is 179 Å². The van der Waals surface area contributed by atoms with Gasteiger partial charge in [-0.2, -0.15) is 0 Å². The van der Waals surface area contributed by atoms with Crippen LogP contribution in [0.25, 0.3) is 0 Å². The maximum Gasteiger partial charge on any atom is 1.00 e. The van der Waals surface area contributed by atoms with Crippen molar-refractivity contribution in [3.05, 3.63) is 169 Å². The van der Waals surface area contributed by atoms with Crippen molar-refractivity contribution in [1.82, 2.24) is 39.3 Å². The van der Waals surface area contributed by atoms with Gasteiger partial charge in [-0.05, 0) is 19.7 Å². The van der Waals surface area contributed by atoms with Gasteiger partial charge in [-0.3, -0.25) is 40.5 Å². The first-order chi connectivity index (χ1) is 26.3. The molecule has 0 amide bonds. The first-order valence-electron chi connectivity index (χ1n) is 13.3. The molecule has 44 nitrogen and oxygen atoms in total. The van der Waals surface area contributed by atoms with Crippen LogP contribution < -0.4 is 29.6 Å². The van der Waals surface area contributed by atoms with Crippen LogP contribution in [-0.4, -0.2) is 131 Å². The summed E-state index contributed by atoms with van der Waals surface area (Å²) in [5.41, 5.74) is 0. The molecule has 58 heavy (non-hydrogen) atoms. The third kappa shape index (κ3) is 6.23. The molecule has 4 unspecified atom stereocenters. The first-order valence-corrected chi connectivity index (χ1v) is 13.3. The smallest absolute Gasteiger partial charge is 0.382 e. The van der Waals surface area contributed by atoms with Gasteiger partial charge in [-0.1, -0.05) is 0 Å². The molecule has 0 aromatic carbocycles. The van der Waals surface area contributed by atoms with E-state index in [1.807, 2.05) is 0 Å². The monoisotopic (exact) mass is 850 g/mol. The van der Waals surface area contributed by atoms with Crippen molar-refractivity contribution in [1.29, 1.82) is 0 Å². The van der Waals surface area contributed by atoms with E-state index in [-0.39, 0.29) is 29.6 Å². The van der Waals surface area contributed by atoms with Crippen LogP contribution in [0.3, 0.4) is 0 Å². The van der Waals surface area contributed by atoms with Crippen LogP contribution in [0.2, 0.25) is 0 Å². The van der Waals surface area contributed by atoms with E-state index in [1.165, 1.54) is 0 Å². The molecule has 4 rings (SSSR count). The second-order valence-electron chi connectivity index (χ2n) is 10.3. The molecule has 304 valence electrons. The number of nitrogens with zero attached hydrogens (tertiary/aromatic N) is 20. The van der Waals surface area contributed by atoms with Crippen LogP contribution in [0.1, 0.15) is 0 Å². The Hall–Kier alpha value is -8.78. The fourth-order valence-corrected chi connectivity index (χ4v) is 6.04. The maximum atomic E-state index is 12.7. The predicted octanol–water partition coefficient (Wildman–Crippen LogP) is -7.79. The predicted molar refractivity (Wildman–Crippen MR) is 152 cm³/mol. The Bertz CT molecular complexity index is 1830. The van der Waals surface area contributed by atoms with Gasteiger partial charge < -0.3 is 59.7 Å². The first kappa shape index (κ1) is 43.6. The van der Waals surface area contributed by atoms with E-state index in [0.717, 1.165) is 0 Å². The van der Waals surface area contributed by atoms with Gasteiger partial charge in [0, 0.05) is 0 Å². The van der Waals surface area contributed by atoms with Crippen molar-refractivity contribution >= 4 is 6.69 Å². The summed E-state index contributed by atoms with van der Waals surface area (Å²) in [7, 11) is 0. The Labute approximate surface area is 329 Å². The Morgan fingerprint density at radius 3 is 0.603 bits per heavy atom. The zero-order valence-corrected chi connectivity index (χ0v) is 28.9. The summed E-state index contributed by atoms with van der Waals surface area (Å²) in [6.45, 7) is -6.17. The molecule has 0 aromatic heterocycles. The van der Waals surface area contributed by atoms with Gasteiger partial charge in [0.05, 0.1) is 44.5 Å². The Balaban J connectivity index is 0.00000900. The average Bonchev–Trinajstić information content (AvgIpc) is 3.86. The standard InChI is InChI=1S/C12H8BN20O24.Na/c34-22(35)5-1-14(9(26(42)43)18(5)30(50)51)13(15-2-6(23(36)37)19(31(52)53)10(15)27(44)45,16-3-7(24(38)39)20(32(54)55)11(16)28(46)47)17-4-8(25(40)41)21(33(56)57)12(17)29(48)49;/h1-4,9-12H;/q-1;+1. The minimum absolute atomic E-state index is 0. The third-order valence-electron chi connectivity index (χ3n) is 7.74. The summed E-state index contributed by atoms with van der Waals surface area (Å²) in [4.78, 5) is 128. The molecule has 0 N–H and O–H groups in total. The molecule has 0 spiro atoms. The van der Waals surface area contributed by atoms with E-state index in [1.54, 1.807) is 0 Å². The fraction of sp³-hybridized carbons (Fsp3) is 0.333. The molecular weight excluding hydrogens is 842 g/mol. The number of nitro groups is 12. The van der Waals surface area contributed by atoms with Crippen LogP contribution in [0.15, 0.2) is 48.1 Å². The summed E-state index contributed by atoms with van der Waals surface area (Å²) in [5.74, 6) is -9.12. The topological polar surface area (TPSA) is 544 Å². The zero-order valence-electron chi connectivity index (χ0n) is 26.9. The van der Waals surface area contributed by atoms with Crippen molar-refractivity contribution in [2.75, 3.05) is 0 Å². The number of hydrogen-bond acceptors (Lipinski definition) is 28. The van der Waals surface area contributed by atoms with Crippen molar-refractivity contribution in [3.63, 3.8) is 0 Å². The zero-order chi connectivity index (χ0) is 43.5. The second kappa shape index (κ2) is 14.8. The van der Waals surface area contributed by atoms with Gasteiger partial charge in [0.15, 0.2) is 0 Å². The van der Waals surface area contributed by atoms with E-state index in [4.69, 9.17) is 0 Å². The summed E-state index contributed by atoms with van der Waals surface area (Å²) in [6.07, 6.45) is -18.2. The second-order valence-corrected chi connectivity index (χ2v) is 10.3. The maximum absolute atomic E-state index is 12.7. The summed E-state index contributed by atoms with van der Waals surface area (Å²) in [5, 5.41) is 134. The van der Waals surface area contributed by atoms with Crippen LogP contribution in [0, 0.1) is 121 Å². The number of hydrazine groups is 4. The Morgan fingerprint density at radius 1 is 0.345 bits per heavy atom. The molecule has 0 bridgehead atoms. The molecule has 4 atom stereocenters. The third-order valence-corrected chi connectivity index (χ3v) is 7.74. The normalized spacial score (nSPS) is 22.2. The summed E-state index contributed by atoms with van der Waals surface area (Å²) in [6, 6.07) is 0. The number of hydrogen-bond donors (Lipinski definition) is 0. The molecule has 0 saturated heterocycles. The molecule has 0 saturated carbocycles. The van der Waals surface area contributed by atoms with Gasteiger partial charge in [0.2, 0.25) is 0 Å². The van der Waals surface area contributed by atoms with E-state index in [9.17, 15) is 121 Å². The van der Waals surface area contributed by atoms with Gasteiger partial charge in [0.1, 0.15) is 20.0 Å². The molecule has 0 fully saturated rings. The van der Waals surface area contributed by atoms with Gasteiger partial charge in [0.25, 0.3) is 20.1 Å². The van der Waals surface area contributed by atoms with Crippen LogP contribution in [0.5, 0.6) is 0 Å². The summed E-state index contributed by atoms with van der Waals surface area (Å²) >= 11 is 0. The van der Waals surface area contributed by atoms with Crippen LogP contribution in [0.4, 0.5) is 0 Å². The van der Waals surface area contributed by atoms with Gasteiger partial charge >= 0.3 is 84.7 Å². The molecule has 4 aliphatic rings. The van der Waals surface area contributed by atoms with Gasteiger partial charge in [-0.25, -0.2) is 40.5 Å². The van der Waals surface area contributed by atoms with E-state index in [0.29, 0.717) is 0 Å². The average molecular weight is 850 g/mol. The summed E-state index contributed by atoms with van der Waals surface area (Å²) < 4.78 is 0. The SMILES string of the molecule is O=[N+]([O-])C1=CN([B-](N2C=C([N+](=O)[O-])N([N+](=O)[O-])C2[N+](=O)[O-])(N2C=C([N+](=O)[O-])N([N+](=O)[O-])C2[N+](=O)[O-])N2C=C([N+](=O)[O-])N([N+](=O)[O-])C2[N+](=O)[O-])C([N+](=O)[O-])N1[N+](=O)[O-].[Na+]. The van der Waals surface area contributed by atoms with Crippen molar-refractivity contribution < 1.29 is 89.1 Å². The van der Waals surface area contributed by atoms with Crippen molar-refractivity contribution in [3.8, 4) is 0 Å². The molecule has 46 heteroatoms. The minimum Gasteiger partial charge on any atom is -0.382 e. The quantitative estimate of drug-likeness (QED) is 0.0790. The van der Waals surface area contributed by atoms with Gasteiger partial charge in [-0.15, -0.1) is 0 Å². The largest absolute Gasteiger partial charge is 1.00 e. The van der Waals surface area contributed by atoms with Crippen molar-refractivity contribution in [2.45, 2.75) is 25.2 Å². The molecular formula is C12H8BN20NaO24. The fourth-order valence-electron chi connectivity index (χ4n) is 6.04. The minimum atomic E-state index is -6.17. The molecule has 0 aromatic rings. The number of rotatable bonds is 16. The van der Waals surface area contributed by atoms with Crippen LogP contribution in [-0.2, 0) is 0 Å². The molecule has 0 aliphatic carbocycles. The molecule has 4 aliphatic heterocycles.